The number of hydrogen-bond acceptors (Lipinski definition) is 4. The van der Waals surface area contributed by atoms with E-state index in [1.54, 1.807) is 30.0 Å². The van der Waals surface area contributed by atoms with Crippen molar-refractivity contribution in [1.82, 2.24) is 0 Å². The number of benzene rings is 2. The molecule has 2 rings (SSSR count). The van der Waals surface area contributed by atoms with Crippen LogP contribution in [0.1, 0.15) is 20.3 Å². The molecule has 118 valence electrons. The third-order valence-electron chi connectivity index (χ3n) is 3.35. The number of nitrogens with two attached hydrogens (primary N) is 1. The summed E-state index contributed by atoms with van der Waals surface area (Å²) in [7, 11) is -3.76. The van der Waals surface area contributed by atoms with Gasteiger partial charge in [0.15, 0.2) is 0 Å². The average molecular weight is 336 g/mol. The Labute approximate surface area is 136 Å². The number of hydrogen-bond donors (Lipinski definition) is 2. The van der Waals surface area contributed by atoms with E-state index in [9.17, 15) is 8.42 Å². The molecule has 22 heavy (non-hydrogen) atoms. The van der Waals surface area contributed by atoms with Crippen molar-refractivity contribution in [3.8, 4) is 0 Å². The molecule has 2 aromatic rings. The topological polar surface area (TPSA) is 72.2 Å². The van der Waals surface area contributed by atoms with E-state index in [0.717, 1.165) is 11.3 Å². The number of anilines is 1. The van der Waals surface area contributed by atoms with Gasteiger partial charge in [-0.05, 0) is 37.6 Å². The third-order valence-corrected chi connectivity index (χ3v) is 5.67. The van der Waals surface area contributed by atoms with E-state index in [1.807, 2.05) is 37.3 Å². The van der Waals surface area contributed by atoms with Gasteiger partial charge in [-0.1, -0.05) is 49.0 Å². The van der Waals surface area contributed by atoms with Gasteiger partial charge in [-0.25, -0.2) is 13.6 Å². The lowest BCUT2D eigenvalue weighted by molar-refractivity contribution is 0.597. The first kappa shape index (κ1) is 16.9. The van der Waals surface area contributed by atoms with Crippen molar-refractivity contribution >= 4 is 27.5 Å². The van der Waals surface area contributed by atoms with Crippen molar-refractivity contribution < 1.29 is 8.42 Å². The molecule has 2 aromatic carbocycles. The van der Waals surface area contributed by atoms with Gasteiger partial charge in [0.05, 0.1) is 10.6 Å². The molecule has 0 bridgehead atoms. The van der Waals surface area contributed by atoms with Crippen molar-refractivity contribution in [3.63, 3.8) is 0 Å². The molecule has 0 fully saturated rings. The van der Waals surface area contributed by atoms with Gasteiger partial charge in [-0.2, -0.15) is 0 Å². The van der Waals surface area contributed by atoms with Gasteiger partial charge in [0.2, 0.25) is 10.0 Å². The molecule has 0 spiro atoms. The molecule has 0 heterocycles. The summed E-state index contributed by atoms with van der Waals surface area (Å²) in [4.78, 5) is 0.887. The Morgan fingerprint density at radius 2 is 1.68 bits per heavy atom. The van der Waals surface area contributed by atoms with Crippen molar-refractivity contribution in [2.24, 2.45) is 5.14 Å². The van der Waals surface area contributed by atoms with E-state index in [-0.39, 0.29) is 9.77 Å². The van der Waals surface area contributed by atoms with Gasteiger partial charge in [-0.3, -0.25) is 0 Å². The van der Waals surface area contributed by atoms with Gasteiger partial charge in [0.1, 0.15) is 4.90 Å². The summed E-state index contributed by atoms with van der Waals surface area (Å²) in [6.45, 7) is 4.10. The maximum atomic E-state index is 11.7. The molecule has 0 aliphatic carbocycles. The number of sulfonamides is 1. The zero-order chi connectivity index (χ0) is 16.2. The average Bonchev–Trinajstić information content (AvgIpc) is 2.47. The van der Waals surface area contributed by atoms with Crippen LogP contribution in [0.25, 0.3) is 0 Å². The van der Waals surface area contributed by atoms with E-state index in [1.165, 1.54) is 6.07 Å². The molecule has 0 saturated heterocycles. The largest absolute Gasteiger partial charge is 0.370 e. The summed E-state index contributed by atoms with van der Waals surface area (Å²) < 4.78 is 23.4. The zero-order valence-corrected chi connectivity index (χ0v) is 14.2. The van der Waals surface area contributed by atoms with E-state index < -0.39 is 10.0 Å². The smallest absolute Gasteiger partial charge is 0.240 e. The lowest BCUT2D eigenvalue weighted by atomic mass is 10.2. The van der Waals surface area contributed by atoms with Crippen molar-refractivity contribution in [3.05, 3.63) is 54.6 Å². The fourth-order valence-corrected chi connectivity index (χ4v) is 3.85. The summed E-state index contributed by atoms with van der Waals surface area (Å²) in [6.07, 6.45) is 0.811. The van der Waals surface area contributed by atoms with E-state index in [0.29, 0.717) is 5.69 Å². The summed E-state index contributed by atoms with van der Waals surface area (Å²) >= 11 is 1.66. The normalized spacial score (nSPS) is 14.3. The number of thioether (sulfide) groups is 1. The van der Waals surface area contributed by atoms with Crippen LogP contribution in [0.3, 0.4) is 0 Å². The monoisotopic (exact) mass is 336 g/mol. The molecule has 0 aliphatic heterocycles. The second-order valence-electron chi connectivity index (χ2n) is 5.17. The maximum Gasteiger partial charge on any atom is 0.240 e. The van der Waals surface area contributed by atoms with E-state index in [4.69, 9.17) is 5.14 Å². The fraction of sp³-hybridized carbons (Fsp3) is 0.250. The van der Waals surface area contributed by atoms with Gasteiger partial charge in [0.25, 0.3) is 0 Å². The van der Waals surface area contributed by atoms with Crippen LogP contribution in [0.2, 0.25) is 0 Å². The Kier molecular flexibility index (Phi) is 5.16. The van der Waals surface area contributed by atoms with E-state index >= 15 is 0 Å². The van der Waals surface area contributed by atoms with Gasteiger partial charge >= 0.3 is 0 Å². The first-order valence-corrected chi connectivity index (χ1v) is 9.34. The van der Waals surface area contributed by atoms with Crippen LogP contribution in [0.5, 0.6) is 0 Å². The highest BCUT2D eigenvalue weighted by Gasteiger charge is 2.25. The first-order valence-electron chi connectivity index (χ1n) is 6.98. The SMILES string of the molecule is CCC(C)(Nc1ccccc1S(N)(=O)=O)Sc1ccccc1. The fourth-order valence-electron chi connectivity index (χ4n) is 2.04. The summed E-state index contributed by atoms with van der Waals surface area (Å²) in [5.41, 5.74) is 0.526. The minimum absolute atomic E-state index is 0.114. The highest BCUT2D eigenvalue weighted by Crippen LogP contribution is 2.37. The number of rotatable bonds is 6. The summed E-state index contributed by atoms with van der Waals surface area (Å²) in [5.74, 6) is 0. The lowest BCUT2D eigenvalue weighted by Crippen LogP contribution is -2.31. The highest BCUT2D eigenvalue weighted by molar-refractivity contribution is 8.00. The van der Waals surface area contributed by atoms with Gasteiger partial charge in [-0.15, -0.1) is 0 Å². The third kappa shape index (κ3) is 4.25. The molecule has 0 aliphatic rings. The predicted molar refractivity (Wildman–Crippen MR) is 92.4 cm³/mol. The Morgan fingerprint density at radius 3 is 2.27 bits per heavy atom. The standard InChI is InChI=1S/C16H20N2O2S2/c1-3-16(2,21-13-9-5-4-6-10-13)18-14-11-7-8-12-15(14)22(17,19)20/h4-12,18H,3H2,1-2H3,(H2,17,19,20). The summed E-state index contributed by atoms with van der Waals surface area (Å²) in [5, 5.41) is 8.63. The predicted octanol–water partition coefficient (Wildman–Crippen LogP) is 3.66. The van der Waals surface area contributed by atoms with Gasteiger partial charge in [0, 0.05) is 4.90 Å². The Hall–Kier alpha value is -1.50. The van der Waals surface area contributed by atoms with Crippen molar-refractivity contribution in [2.45, 2.75) is 34.9 Å². The van der Waals surface area contributed by atoms with Crippen molar-refractivity contribution in [1.29, 1.82) is 0 Å². The minimum atomic E-state index is -3.76. The summed E-state index contributed by atoms with van der Waals surface area (Å²) in [6, 6.07) is 16.7. The van der Waals surface area contributed by atoms with Crippen LogP contribution < -0.4 is 10.5 Å². The molecule has 4 nitrogen and oxygen atoms in total. The van der Waals surface area contributed by atoms with Crippen LogP contribution >= 0.6 is 11.8 Å². The Bertz CT molecular complexity index is 733. The molecule has 1 unspecified atom stereocenters. The molecule has 6 heteroatoms. The first-order chi connectivity index (χ1) is 10.3. The zero-order valence-electron chi connectivity index (χ0n) is 12.6. The number of para-hydroxylation sites is 1. The number of nitrogens with one attached hydrogen (secondary N) is 1. The molecule has 0 amide bonds. The second-order valence-corrected chi connectivity index (χ2v) is 8.27. The minimum Gasteiger partial charge on any atom is -0.370 e. The van der Waals surface area contributed by atoms with Crippen LogP contribution in [0.4, 0.5) is 5.69 Å². The van der Waals surface area contributed by atoms with Gasteiger partial charge < -0.3 is 5.32 Å². The van der Waals surface area contributed by atoms with Crippen molar-refractivity contribution in [2.75, 3.05) is 5.32 Å². The molecular weight excluding hydrogens is 316 g/mol. The maximum absolute atomic E-state index is 11.7. The van der Waals surface area contributed by atoms with Crippen LogP contribution in [0, 0.1) is 0 Å². The molecule has 0 aromatic heterocycles. The Balaban J connectivity index is 2.31. The molecular formula is C16H20N2O2S2. The Morgan fingerprint density at radius 1 is 1.09 bits per heavy atom. The molecule has 0 radical (unpaired) electrons. The van der Waals surface area contributed by atoms with Crippen LogP contribution in [0.15, 0.2) is 64.4 Å². The number of primary sulfonamides is 1. The highest BCUT2D eigenvalue weighted by atomic mass is 32.2. The molecule has 3 N–H and O–H groups in total. The quantitative estimate of drug-likeness (QED) is 0.624. The second kappa shape index (κ2) is 6.73. The van der Waals surface area contributed by atoms with Crippen LogP contribution in [-0.2, 0) is 10.0 Å². The lowest BCUT2D eigenvalue weighted by Gasteiger charge is -2.31. The molecule has 0 saturated carbocycles. The van der Waals surface area contributed by atoms with E-state index in [2.05, 4.69) is 12.2 Å². The molecule has 1 atom stereocenters. The van der Waals surface area contributed by atoms with Crippen LogP contribution in [-0.4, -0.2) is 13.3 Å².